The van der Waals surface area contributed by atoms with Crippen molar-refractivity contribution in [3.05, 3.63) is 152 Å². The fraction of sp³-hybridized carbons (Fsp3) is 0.632. The van der Waals surface area contributed by atoms with Crippen molar-refractivity contribution < 1.29 is 152 Å². The van der Waals surface area contributed by atoms with Gasteiger partial charge in [-0.25, -0.2) is 44.7 Å². The van der Waals surface area contributed by atoms with Crippen LogP contribution in [0.3, 0.4) is 0 Å². The van der Waals surface area contributed by atoms with Gasteiger partial charge in [0.2, 0.25) is 58.0 Å². The van der Waals surface area contributed by atoms with Crippen LogP contribution in [0.15, 0.2) is 36.4 Å². The summed E-state index contributed by atoms with van der Waals surface area (Å²) in [5, 5.41) is 18.5. The molecule has 2 aliphatic heterocycles. The molecule has 17 nitrogen and oxygen atoms in total. The van der Waals surface area contributed by atoms with Gasteiger partial charge in [-0.1, -0.05) is 202 Å². The number of carbonyl (C=O) groups is 3. The minimum absolute atomic E-state index is 0.0258. The van der Waals surface area contributed by atoms with Crippen LogP contribution >= 0.6 is 0 Å². The fourth-order valence-electron chi connectivity index (χ4n) is 15.6. The quantitative estimate of drug-likeness (QED) is 0.00693. The largest absolute Gasteiger partial charge is 0.493 e. The van der Waals surface area contributed by atoms with Crippen molar-refractivity contribution in [3.63, 3.8) is 0 Å². The summed E-state index contributed by atoms with van der Waals surface area (Å²) in [6.07, 6.45) is 33.8. The van der Waals surface area contributed by atoms with Gasteiger partial charge >= 0.3 is 11.9 Å². The molecule has 2 fully saturated rings. The Bertz CT molecular complexity index is 4540. The van der Waals surface area contributed by atoms with Gasteiger partial charge in [0.1, 0.15) is 35.0 Å². The lowest BCUT2D eigenvalue weighted by Crippen LogP contribution is -2.44. The van der Waals surface area contributed by atoms with Crippen LogP contribution < -0.4 is 28.4 Å². The van der Waals surface area contributed by atoms with Crippen LogP contribution in [0.1, 0.15) is 358 Å². The summed E-state index contributed by atoms with van der Waals surface area (Å²) in [5.74, 6) is -47.7. The van der Waals surface area contributed by atoms with Gasteiger partial charge < -0.3 is 71.8 Å². The molecule has 0 spiro atoms. The summed E-state index contributed by atoms with van der Waals surface area (Å²) in [6.45, 7) is 24.4. The maximum atomic E-state index is 15.4. The number of hydrogen-bond acceptors (Lipinski definition) is 17. The molecule has 2 N–H and O–H groups in total. The number of benzene rings is 6. The molecule has 6 aromatic rings. The van der Waals surface area contributed by atoms with Crippen LogP contribution in [0.25, 0.3) is 22.3 Å². The first-order chi connectivity index (χ1) is 66.6. The summed E-state index contributed by atoms with van der Waals surface area (Å²) in [7, 11) is 0. The minimum Gasteiger partial charge on any atom is -0.493 e. The average Bonchev–Trinajstić information content (AvgIpc) is 0.747. The monoisotopic (exact) mass is 2000 g/mol. The maximum absolute atomic E-state index is 15.4. The summed E-state index contributed by atoms with van der Waals surface area (Å²) >= 11 is 0. The predicted molar refractivity (Wildman–Crippen MR) is 500 cm³/mol. The van der Waals surface area contributed by atoms with Gasteiger partial charge in [0.25, 0.3) is 0 Å². The molecule has 0 bridgehead atoms. The molecular formula is C106H146F16O17. The van der Waals surface area contributed by atoms with Gasteiger partial charge in [-0.05, 0) is 160 Å². The van der Waals surface area contributed by atoms with Crippen molar-refractivity contribution in [2.45, 2.75) is 402 Å². The number of rotatable bonds is 59. The number of ether oxygens (including phenoxy) is 12. The number of hydrogen-bond donors (Lipinski definition) is 2. The molecule has 33 heteroatoms. The van der Waals surface area contributed by atoms with Crippen LogP contribution in [0, 0.1) is 107 Å². The summed E-state index contributed by atoms with van der Waals surface area (Å²) in [4.78, 5) is 36.4. The zero-order chi connectivity index (χ0) is 103. The van der Waals surface area contributed by atoms with E-state index in [4.69, 9.17) is 61.9 Å². The van der Waals surface area contributed by atoms with E-state index < -0.39 is 174 Å². The Kier molecular flexibility index (Phi) is 57.3. The molecule has 6 aromatic carbocycles. The van der Waals surface area contributed by atoms with E-state index in [1.54, 1.807) is 55.4 Å². The Morgan fingerprint density at radius 1 is 0.381 bits per heavy atom. The Balaban J connectivity index is 0.000000445. The van der Waals surface area contributed by atoms with Crippen molar-refractivity contribution in [1.29, 1.82) is 0 Å². The number of carbonyl (C=O) groups excluding carboxylic acids is 3. The molecule has 9 atom stereocenters. The number of aliphatic hydroxyl groups excluding tert-OH is 2. The van der Waals surface area contributed by atoms with Gasteiger partial charge in [-0.3, -0.25) is 0 Å². The van der Waals surface area contributed by atoms with Gasteiger partial charge in [0.05, 0.1) is 78.7 Å². The Morgan fingerprint density at radius 2 is 0.705 bits per heavy atom. The van der Waals surface area contributed by atoms with Gasteiger partial charge in [0.15, 0.2) is 76.9 Å². The van der Waals surface area contributed by atoms with Crippen molar-refractivity contribution in [2.75, 3.05) is 33.0 Å². The molecule has 0 saturated carbocycles. The van der Waals surface area contributed by atoms with E-state index >= 15 is 43.9 Å². The topological polar surface area (TPSA) is 202 Å². The highest BCUT2D eigenvalue weighted by molar-refractivity contribution is 5.95. The summed E-state index contributed by atoms with van der Waals surface area (Å²) in [5.41, 5.74) is -7.88. The lowest BCUT2D eigenvalue weighted by Gasteiger charge is -2.40. The second-order valence-corrected chi connectivity index (χ2v) is 35.3. The van der Waals surface area contributed by atoms with Crippen LogP contribution in [-0.4, -0.2) is 123 Å². The van der Waals surface area contributed by atoms with Gasteiger partial charge in [-0.2, -0.15) is 35.1 Å². The number of aliphatic hydroxyl groups is 2. The summed E-state index contributed by atoms with van der Waals surface area (Å²) < 4.78 is 310. The molecule has 139 heavy (non-hydrogen) atoms. The molecule has 0 radical (unpaired) electrons. The summed E-state index contributed by atoms with van der Waals surface area (Å²) in [6, 6.07) is 8.22. The van der Waals surface area contributed by atoms with E-state index in [1.165, 1.54) is 87.8 Å². The highest BCUT2D eigenvalue weighted by Crippen LogP contribution is 2.46. The SMILES string of the molecule is CCC(C)O.CCCCCCCC1OC(CC)CC(CC2CC(CC(C)O)OC(CCCCCCCCCCOc3cc(C)ccc3C(=O)Oc3c(F)c(F)c(-c4c(F)c(F)c(OCCCC)c(F)c4F)c(F)c3F)O2)O1.CCCCCCCC=O.CCCCCCCCCC(Oc1cc(C)ccc1C(=O)Oc1c(F)c(F)c(-c2c(F)c(F)c(OCCCC)c(F)c2F)c(F)c1F)C(OCC)OCC. The first-order valence-corrected chi connectivity index (χ1v) is 49.9. The Morgan fingerprint density at radius 3 is 1.07 bits per heavy atom. The van der Waals surface area contributed by atoms with Crippen LogP contribution in [-0.2, 0) is 33.2 Å². The maximum Gasteiger partial charge on any atom is 0.347 e. The molecule has 9 unspecified atom stereocenters. The molecular weight excluding hydrogens is 1850 g/mol. The number of aryl methyl sites for hydroxylation is 2. The molecule has 2 heterocycles. The molecule has 784 valence electrons. The fourth-order valence-corrected chi connectivity index (χ4v) is 15.6. The molecule has 8 rings (SSSR count). The first kappa shape index (κ1) is 121. The van der Waals surface area contributed by atoms with Gasteiger partial charge in [0, 0.05) is 38.9 Å². The highest BCUT2D eigenvalue weighted by Gasteiger charge is 2.41. The van der Waals surface area contributed by atoms with Crippen LogP contribution in [0.5, 0.6) is 34.5 Å². The zero-order valence-corrected chi connectivity index (χ0v) is 83.0. The smallest absolute Gasteiger partial charge is 0.347 e. The normalized spacial score (nSPS) is 16.5. The van der Waals surface area contributed by atoms with Crippen LogP contribution in [0.2, 0.25) is 0 Å². The van der Waals surface area contributed by atoms with E-state index in [1.807, 2.05) is 6.92 Å². The third-order valence-corrected chi connectivity index (χ3v) is 23.5. The van der Waals surface area contributed by atoms with Crippen molar-refractivity contribution >= 4 is 18.2 Å². The zero-order valence-electron chi connectivity index (χ0n) is 83.0. The molecule has 0 aromatic heterocycles. The van der Waals surface area contributed by atoms with Crippen molar-refractivity contribution in [2.24, 2.45) is 0 Å². The van der Waals surface area contributed by atoms with Crippen molar-refractivity contribution in [1.82, 2.24) is 0 Å². The molecule has 2 aliphatic rings. The first-order valence-electron chi connectivity index (χ1n) is 49.9. The Labute approximate surface area is 809 Å². The number of unbranched alkanes of at least 4 members (excludes halogenated alkanes) is 24. The average molecular weight is 2000 g/mol. The molecule has 2 saturated heterocycles. The lowest BCUT2D eigenvalue weighted by molar-refractivity contribution is -0.275. The van der Waals surface area contributed by atoms with E-state index in [0.29, 0.717) is 56.1 Å². The lowest BCUT2D eigenvalue weighted by atomic mass is 9.96. The van der Waals surface area contributed by atoms with E-state index in [9.17, 15) is 45.8 Å². The van der Waals surface area contributed by atoms with Gasteiger partial charge in [-0.15, -0.1) is 0 Å². The van der Waals surface area contributed by atoms with E-state index in [-0.39, 0.29) is 106 Å². The number of aldehydes is 1. The van der Waals surface area contributed by atoms with E-state index in [0.717, 1.165) is 148 Å². The third-order valence-electron chi connectivity index (χ3n) is 23.5. The third kappa shape index (κ3) is 38.7. The van der Waals surface area contributed by atoms with Crippen molar-refractivity contribution in [3.8, 4) is 56.8 Å². The second-order valence-electron chi connectivity index (χ2n) is 35.3. The molecule has 0 aliphatic carbocycles. The second kappa shape index (κ2) is 65.8. The standard InChI is InChI=1S/C55H74F8O9.C39H46F8O6.C8H16O.C4H10O/c1-6-9-11-16-19-22-41-68-35(8-3)30-37(70-41)32-38-31-36(29-34(5)64)69-42(71-38)23-20-17-14-12-13-15-18-21-27-66-40-28-33(4)24-25-39(40)55(65)72-54-51(62)47(58)44(48(59)52(54)63)43-45(56)49(60)53(50(61)46(43)57)67-26-10-7-2;1-6-10-12-13-14-15-16-17-24(39(49-8-3)50-9-4)52-25-21-22(5)18-19-23(25)38(48)53-37-34(46)30(42)27(31(43)35(37)47)26-28(40)32(44)36(33(45)29(26)41)51-20-11-7-2;1-2-3-4-5-6-7-8-9;1-3-4(2)5/h24-25,28,34-38,41-42,64H,6-23,26-27,29-32H2,1-5H3;18-19,21,24,39H,6-17,20H2,1-5H3;8H,2-7H2,1H3;4-5H,3H2,1-2H3. The van der Waals surface area contributed by atoms with E-state index in [2.05, 4.69) is 27.7 Å². The Hall–Kier alpha value is -8.31. The molecule has 0 amide bonds. The van der Waals surface area contributed by atoms with Crippen LogP contribution in [0.4, 0.5) is 70.2 Å². The number of esters is 2. The minimum atomic E-state index is -2.49. The number of halogens is 16. The highest BCUT2D eigenvalue weighted by atomic mass is 19.2. The predicted octanol–water partition coefficient (Wildman–Crippen LogP) is 29.8.